The fourth-order valence-electron chi connectivity index (χ4n) is 13.7. The van der Waals surface area contributed by atoms with Crippen LogP contribution in [0.15, 0.2) is 296 Å². The zero-order valence-electron chi connectivity index (χ0n) is 49.5. The lowest BCUT2D eigenvalue weighted by Crippen LogP contribution is -2.04. The number of pyridine rings is 2. The van der Waals surface area contributed by atoms with Gasteiger partial charge < -0.3 is 4.98 Å². The third-order valence-corrected chi connectivity index (χ3v) is 20.5. The molecule has 1 N–H and O–H groups in total. The summed E-state index contributed by atoms with van der Waals surface area (Å²) in [5.41, 5.74) is 16.2. The number of rotatable bonds is 5. The Labute approximate surface area is 548 Å². The topological polar surface area (TPSA) is 98.1 Å². The molecule has 0 unspecified atom stereocenters. The summed E-state index contributed by atoms with van der Waals surface area (Å²) in [6, 6.07) is 97.8. The number of fused-ring (bicyclic) bond motifs is 22. The molecule has 8 aromatic heterocycles. The summed E-state index contributed by atoms with van der Waals surface area (Å²) in [6.07, 6.45) is 3.59. The molecule has 0 aliphatic heterocycles. The SMILES string of the molecule is Brc1nc(-c2cccc(-c3ccccc3)c2)c2ncccc2n1.c1ccc(-c2cccc(-c3nc(-n4c5ccccc5c5c6ccccc6c6sc7ccccc7c6c54)nc4cccnc34)c2)cc1.c1ccc2c(c1)[nH]c1c2c2ccccc2c2sc3ccccc3c12. The summed E-state index contributed by atoms with van der Waals surface area (Å²) in [6.45, 7) is 0. The van der Waals surface area contributed by atoms with Crippen LogP contribution < -0.4 is 0 Å². The quantitative estimate of drug-likeness (QED) is 0.172. The van der Waals surface area contributed by atoms with Gasteiger partial charge in [-0.25, -0.2) is 19.9 Å². The van der Waals surface area contributed by atoms with Crippen molar-refractivity contribution in [2.75, 3.05) is 0 Å². The molecule has 11 heteroatoms. The minimum absolute atomic E-state index is 0.568. The van der Waals surface area contributed by atoms with E-state index in [1.807, 2.05) is 83.5 Å². The van der Waals surface area contributed by atoms with Crippen molar-refractivity contribution in [1.82, 2.24) is 39.5 Å². The minimum atomic E-state index is 0.568. The number of thiophene rings is 2. The lowest BCUT2D eigenvalue weighted by Gasteiger charge is -2.13. The van der Waals surface area contributed by atoms with Crippen LogP contribution in [0.4, 0.5) is 0 Å². The van der Waals surface area contributed by atoms with Crippen molar-refractivity contribution in [3.8, 4) is 50.7 Å². The molecule has 20 rings (SSSR count). The van der Waals surface area contributed by atoms with Crippen LogP contribution in [-0.4, -0.2) is 39.5 Å². The van der Waals surface area contributed by atoms with Gasteiger partial charge in [0.15, 0.2) is 4.73 Å². The number of halogens is 1. The summed E-state index contributed by atoms with van der Waals surface area (Å²) in [7, 11) is 0. The van der Waals surface area contributed by atoms with E-state index in [9.17, 15) is 0 Å². The van der Waals surface area contributed by atoms with Gasteiger partial charge in [0.25, 0.3) is 0 Å². The van der Waals surface area contributed by atoms with E-state index >= 15 is 0 Å². The van der Waals surface area contributed by atoms with Crippen LogP contribution in [0.3, 0.4) is 0 Å². The fourth-order valence-corrected chi connectivity index (χ4v) is 16.5. The molecule has 0 spiro atoms. The standard InChI is InChI=1S/C41H24N4S.C22H13NS.C19H12BrN3/c1-2-12-25(13-3-1)26-14-10-15-27(24-26)37-38-32(20-11-23-42-38)43-41(44-37)45-33-21-8-6-18-30(33)35-28-16-4-5-17-29(28)40-36(39(35)45)31-19-7-9-22-34(31)46-40;1-2-8-14-13(7-1)19-15-9-3-5-11-17(15)23-21(19)20-16-10-4-6-12-18(16)24-22(14)20;20-19-22-16-10-5-11-21-18(16)17(23-19)15-9-4-8-14(12-15)13-6-2-1-3-7-13/h1-24H;1-12,23H;1-12H. The zero-order chi connectivity index (χ0) is 61.5. The number of nitrogens with zero attached hydrogens (tertiary/aromatic N) is 7. The molecule has 93 heavy (non-hydrogen) atoms. The van der Waals surface area contributed by atoms with E-state index in [0.717, 1.165) is 72.3 Å². The van der Waals surface area contributed by atoms with Gasteiger partial charge in [0.1, 0.15) is 22.4 Å². The van der Waals surface area contributed by atoms with Crippen molar-refractivity contribution in [2.45, 2.75) is 0 Å². The van der Waals surface area contributed by atoms with Gasteiger partial charge in [-0.05, 0) is 110 Å². The van der Waals surface area contributed by atoms with Gasteiger partial charge in [0, 0.05) is 102 Å². The number of nitrogens with one attached hydrogen (secondary N) is 1. The molecule has 20 aromatic rings. The molecule has 0 saturated heterocycles. The number of benzene rings is 12. The summed E-state index contributed by atoms with van der Waals surface area (Å²) in [4.78, 5) is 32.5. The molecule has 0 radical (unpaired) electrons. The predicted molar refractivity (Wildman–Crippen MR) is 395 cm³/mol. The molecule has 0 atom stereocenters. The smallest absolute Gasteiger partial charge is 0.235 e. The van der Waals surface area contributed by atoms with E-state index in [4.69, 9.17) is 15.0 Å². The number of H-pyrrole nitrogens is 1. The van der Waals surface area contributed by atoms with Crippen molar-refractivity contribution in [3.05, 3.63) is 296 Å². The molecule has 8 nitrogen and oxygen atoms in total. The van der Waals surface area contributed by atoms with Gasteiger partial charge in [-0.1, -0.05) is 218 Å². The van der Waals surface area contributed by atoms with Crippen molar-refractivity contribution < 1.29 is 0 Å². The molecule has 0 amide bonds. The largest absolute Gasteiger partial charge is 0.354 e. The number of hydrogen-bond acceptors (Lipinski definition) is 8. The Balaban J connectivity index is 0.000000114. The minimum Gasteiger partial charge on any atom is -0.354 e. The van der Waals surface area contributed by atoms with Crippen LogP contribution >= 0.6 is 38.6 Å². The highest BCUT2D eigenvalue weighted by Crippen LogP contribution is 2.49. The highest BCUT2D eigenvalue weighted by atomic mass is 79.9. The maximum absolute atomic E-state index is 5.39. The molecule has 0 bridgehead atoms. The summed E-state index contributed by atoms with van der Waals surface area (Å²) >= 11 is 7.15. The average Bonchev–Trinajstić information content (AvgIpc) is 1.56. The van der Waals surface area contributed by atoms with Crippen molar-refractivity contribution in [3.63, 3.8) is 0 Å². The van der Waals surface area contributed by atoms with Gasteiger partial charge in [-0.15, -0.1) is 22.7 Å². The van der Waals surface area contributed by atoms with Crippen LogP contribution in [0.25, 0.3) is 178 Å². The van der Waals surface area contributed by atoms with Crippen LogP contribution in [0.5, 0.6) is 0 Å². The van der Waals surface area contributed by atoms with Gasteiger partial charge in [0.05, 0.1) is 27.6 Å². The highest BCUT2D eigenvalue weighted by molar-refractivity contribution is 9.10. The second kappa shape index (κ2) is 22.5. The van der Waals surface area contributed by atoms with E-state index in [-0.39, 0.29) is 0 Å². The molecule has 8 heterocycles. The Kier molecular flexibility index (Phi) is 13.2. The van der Waals surface area contributed by atoms with Crippen molar-refractivity contribution >= 4 is 166 Å². The normalized spacial score (nSPS) is 11.7. The lowest BCUT2D eigenvalue weighted by atomic mass is 10.00. The second-order valence-corrected chi connectivity index (χ2v) is 25.9. The summed E-state index contributed by atoms with van der Waals surface area (Å²) in [5.74, 6) is 0.638. The molecule has 0 aliphatic rings. The monoisotopic (exact) mass is 1290 g/mol. The van der Waals surface area contributed by atoms with Crippen molar-refractivity contribution in [1.29, 1.82) is 0 Å². The van der Waals surface area contributed by atoms with Crippen LogP contribution in [0.1, 0.15) is 0 Å². The Bertz CT molecular complexity index is 6350. The van der Waals surface area contributed by atoms with Gasteiger partial charge in [-0.2, -0.15) is 0 Å². The van der Waals surface area contributed by atoms with E-state index in [2.05, 4.69) is 265 Å². The van der Waals surface area contributed by atoms with Crippen molar-refractivity contribution in [2.24, 2.45) is 0 Å². The fraction of sp³-hybridized carbons (Fsp3) is 0. The van der Waals surface area contributed by atoms with Gasteiger partial charge in [0.2, 0.25) is 5.95 Å². The number of hydrogen-bond donors (Lipinski definition) is 1. The lowest BCUT2D eigenvalue weighted by molar-refractivity contribution is 1.01. The van der Waals surface area contributed by atoms with Crippen LogP contribution in [-0.2, 0) is 0 Å². The van der Waals surface area contributed by atoms with Crippen LogP contribution in [0.2, 0.25) is 0 Å². The molecular formula is C82H49BrN8S2. The predicted octanol–water partition coefficient (Wildman–Crippen LogP) is 22.9. The number of aromatic nitrogens is 8. The maximum Gasteiger partial charge on any atom is 0.235 e. The first kappa shape index (κ1) is 54.6. The third-order valence-electron chi connectivity index (χ3n) is 17.7. The molecule has 12 aromatic carbocycles. The first-order chi connectivity index (χ1) is 46.1. The van der Waals surface area contributed by atoms with Gasteiger partial charge in [-0.3, -0.25) is 14.5 Å². The molecule has 0 saturated carbocycles. The third kappa shape index (κ3) is 9.22. The maximum atomic E-state index is 5.39. The first-order valence-electron chi connectivity index (χ1n) is 30.8. The Hall–Kier alpha value is -11.3. The molecule has 436 valence electrons. The summed E-state index contributed by atoms with van der Waals surface area (Å²) < 4.78 is 8.14. The zero-order valence-corrected chi connectivity index (χ0v) is 52.8. The number of para-hydroxylation sites is 2. The van der Waals surface area contributed by atoms with E-state index in [1.165, 1.54) is 100 Å². The van der Waals surface area contributed by atoms with E-state index in [1.54, 1.807) is 6.20 Å². The molecule has 0 fully saturated rings. The number of aromatic amines is 1. The Morgan fingerprint density at radius 2 is 0.796 bits per heavy atom. The summed E-state index contributed by atoms with van der Waals surface area (Å²) in [5, 5.41) is 15.5. The molecule has 0 aliphatic carbocycles. The highest BCUT2D eigenvalue weighted by Gasteiger charge is 2.25. The first-order valence-corrected chi connectivity index (χ1v) is 33.2. The van der Waals surface area contributed by atoms with Crippen LogP contribution in [0, 0.1) is 0 Å². The Morgan fingerprint density at radius 1 is 0.333 bits per heavy atom. The average molecular weight is 1290 g/mol. The Morgan fingerprint density at radius 3 is 1.42 bits per heavy atom. The second-order valence-electron chi connectivity index (χ2n) is 23.0. The van der Waals surface area contributed by atoms with E-state index < -0.39 is 0 Å². The molecular weight excluding hydrogens is 1240 g/mol. The van der Waals surface area contributed by atoms with Gasteiger partial charge >= 0.3 is 0 Å². The van der Waals surface area contributed by atoms with E-state index in [0.29, 0.717) is 10.7 Å².